The minimum absolute atomic E-state index is 0.0874. The molecule has 0 unspecified atom stereocenters. The van der Waals surface area contributed by atoms with Crippen molar-refractivity contribution in [3.8, 4) is 0 Å². The second-order valence-electron chi connectivity index (χ2n) is 4.98. The third-order valence-corrected chi connectivity index (χ3v) is 4.45. The van der Waals surface area contributed by atoms with Crippen LogP contribution in [0.1, 0.15) is 33.1 Å². The van der Waals surface area contributed by atoms with Crippen LogP contribution in [0.15, 0.2) is 12.2 Å². The number of aliphatic carboxylic acids is 1. The van der Waals surface area contributed by atoms with Crippen molar-refractivity contribution in [2.24, 2.45) is 16.7 Å². The van der Waals surface area contributed by atoms with Crippen LogP contribution in [0.2, 0.25) is 0 Å². The molecule has 2 aliphatic rings. The fourth-order valence-electron chi connectivity index (χ4n) is 3.42. The molecule has 2 nitrogen and oxygen atoms in total. The van der Waals surface area contributed by atoms with Gasteiger partial charge in [-0.15, -0.1) is 0 Å². The lowest BCUT2D eigenvalue weighted by Crippen LogP contribution is -2.39. The maximum Gasteiger partial charge on any atom is 0.314 e. The average molecular weight is 180 g/mol. The van der Waals surface area contributed by atoms with Crippen LogP contribution >= 0.6 is 0 Å². The van der Waals surface area contributed by atoms with Crippen LogP contribution in [-0.4, -0.2) is 11.1 Å². The highest BCUT2D eigenvalue weighted by molar-refractivity contribution is 5.81. The topological polar surface area (TPSA) is 37.3 Å². The van der Waals surface area contributed by atoms with Gasteiger partial charge in [0.25, 0.3) is 0 Å². The molecule has 2 fully saturated rings. The third-order valence-electron chi connectivity index (χ3n) is 4.45. The van der Waals surface area contributed by atoms with Gasteiger partial charge in [0.15, 0.2) is 0 Å². The van der Waals surface area contributed by atoms with Crippen molar-refractivity contribution in [1.82, 2.24) is 0 Å². The summed E-state index contributed by atoms with van der Waals surface area (Å²) in [6.07, 6.45) is 2.76. The molecule has 2 bridgehead atoms. The number of fused-ring (bicyclic) bond motifs is 2. The first kappa shape index (κ1) is 8.79. The molecule has 0 spiro atoms. The molecular formula is C11H16O2. The summed E-state index contributed by atoms with van der Waals surface area (Å²) in [6, 6.07) is 0. The molecule has 0 aromatic carbocycles. The zero-order chi connectivity index (χ0) is 9.85. The molecule has 0 saturated heterocycles. The van der Waals surface area contributed by atoms with Gasteiger partial charge in [0.2, 0.25) is 0 Å². The molecule has 2 heteroatoms. The van der Waals surface area contributed by atoms with Gasteiger partial charge in [0.1, 0.15) is 0 Å². The van der Waals surface area contributed by atoms with Gasteiger partial charge in [0.05, 0.1) is 5.41 Å². The number of carbonyl (C=O) groups is 1. The van der Waals surface area contributed by atoms with Crippen LogP contribution in [-0.2, 0) is 4.79 Å². The van der Waals surface area contributed by atoms with E-state index < -0.39 is 11.4 Å². The maximum absolute atomic E-state index is 11.3. The Bertz CT molecular complexity index is 290. The number of hydrogen-bond donors (Lipinski definition) is 1. The Morgan fingerprint density at radius 1 is 1.62 bits per heavy atom. The number of carboxylic acid groups (broad SMARTS) is 1. The van der Waals surface area contributed by atoms with E-state index in [9.17, 15) is 9.90 Å². The van der Waals surface area contributed by atoms with E-state index in [0.29, 0.717) is 5.92 Å². The standard InChI is InChI=1S/C11H16O2/c1-7-6-8-4-5-11(7,9(12)13)10(8,2)3/h8H,1,4-6H2,2-3H3,(H,12,13)/t8-,11+/m1/s1. The molecule has 2 saturated carbocycles. The molecule has 0 amide bonds. The van der Waals surface area contributed by atoms with Gasteiger partial charge < -0.3 is 5.11 Å². The van der Waals surface area contributed by atoms with Crippen molar-refractivity contribution < 1.29 is 9.90 Å². The molecule has 0 heterocycles. The van der Waals surface area contributed by atoms with Crippen LogP contribution in [0.25, 0.3) is 0 Å². The van der Waals surface area contributed by atoms with Crippen LogP contribution in [0.4, 0.5) is 0 Å². The fraction of sp³-hybridized carbons (Fsp3) is 0.727. The van der Waals surface area contributed by atoms with Crippen LogP contribution < -0.4 is 0 Å². The molecule has 0 aromatic rings. The monoisotopic (exact) mass is 180 g/mol. The summed E-state index contributed by atoms with van der Waals surface area (Å²) < 4.78 is 0. The van der Waals surface area contributed by atoms with Gasteiger partial charge in [-0.2, -0.15) is 0 Å². The Kier molecular flexibility index (Phi) is 1.47. The van der Waals surface area contributed by atoms with Gasteiger partial charge in [-0.1, -0.05) is 26.0 Å². The van der Waals surface area contributed by atoms with Crippen molar-refractivity contribution in [3.63, 3.8) is 0 Å². The zero-order valence-corrected chi connectivity index (χ0v) is 8.26. The van der Waals surface area contributed by atoms with E-state index in [1.807, 2.05) is 0 Å². The van der Waals surface area contributed by atoms with E-state index >= 15 is 0 Å². The first-order valence-corrected chi connectivity index (χ1v) is 4.84. The van der Waals surface area contributed by atoms with E-state index in [1.54, 1.807) is 0 Å². The smallest absolute Gasteiger partial charge is 0.314 e. The Labute approximate surface area is 78.6 Å². The zero-order valence-electron chi connectivity index (χ0n) is 8.26. The van der Waals surface area contributed by atoms with E-state index in [-0.39, 0.29) is 5.41 Å². The lowest BCUT2D eigenvalue weighted by atomic mass is 9.68. The highest BCUT2D eigenvalue weighted by Crippen LogP contribution is 2.67. The lowest BCUT2D eigenvalue weighted by molar-refractivity contribution is -0.150. The van der Waals surface area contributed by atoms with Crippen molar-refractivity contribution in [3.05, 3.63) is 12.2 Å². The molecule has 1 N–H and O–H groups in total. The Hall–Kier alpha value is -0.790. The summed E-state index contributed by atoms with van der Waals surface area (Å²) in [7, 11) is 0. The van der Waals surface area contributed by atoms with Crippen LogP contribution in [0.3, 0.4) is 0 Å². The lowest BCUT2D eigenvalue weighted by Gasteiger charge is -2.34. The Morgan fingerprint density at radius 3 is 2.46 bits per heavy atom. The molecule has 13 heavy (non-hydrogen) atoms. The van der Waals surface area contributed by atoms with E-state index in [4.69, 9.17) is 0 Å². The van der Waals surface area contributed by atoms with E-state index in [1.165, 1.54) is 0 Å². The van der Waals surface area contributed by atoms with E-state index in [0.717, 1.165) is 24.8 Å². The van der Waals surface area contributed by atoms with Crippen molar-refractivity contribution in [2.75, 3.05) is 0 Å². The highest BCUT2D eigenvalue weighted by atomic mass is 16.4. The minimum Gasteiger partial charge on any atom is -0.481 e. The quantitative estimate of drug-likeness (QED) is 0.629. The summed E-state index contributed by atoms with van der Waals surface area (Å²) in [5.41, 5.74) is 0.245. The van der Waals surface area contributed by atoms with Gasteiger partial charge in [-0.05, 0) is 30.6 Å². The molecular weight excluding hydrogens is 164 g/mol. The summed E-state index contributed by atoms with van der Waals surface area (Å²) in [6.45, 7) is 8.11. The Morgan fingerprint density at radius 2 is 2.23 bits per heavy atom. The molecule has 2 aliphatic carbocycles. The van der Waals surface area contributed by atoms with Crippen LogP contribution in [0, 0.1) is 16.7 Å². The van der Waals surface area contributed by atoms with Crippen molar-refractivity contribution >= 4 is 5.97 Å². The van der Waals surface area contributed by atoms with Crippen molar-refractivity contribution in [2.45, 2.75) is 33.1 Å². The summed E-state index contributed by atoms with van der Waals surface area (Å²) in [5.74, 6) is -0.126. The predicted octanol–water partition coefficient (Wildman–Crippen LogP) is 2.45. The number of hydrogen-bond acceptors (Lipinski definition) is 1. The Balaban J connectivity index is 2.55. The van der Waals surface area contributed by atoms with Crippen LogP contribution in [0.5, 0.6) is 0 Å². The fourth-order valence-corrected chi connectivity index (χ4v) is 3.42. The minimum atomic E-state index is -0.664. The van der Waals surface area contributed by atoms with Crippen molar-refractivity contribution in [1.29, 1.82) is 0 Å². The second-order valence-corrected chi connectivity index (χ2v) is 4.98. The molecule has 2 rings (SSSR count). The average Bonchev–Trinajstić information content (AvgIpc) is 2.35. The largest absolute Gasteiger partial charge is 0.481 e. The van der Waals surface area contributed by atoms with E-state index in [2.05, 4.69) is 20.4 Å². The first-order chi connectivity index (χ1) is 5.93. The normalized spacial score (nSPS) is 41.1. The van der Waals surface area contributed by atoms with Gasteiger partial charge in [-0.3, -0.25) is 4.79 Å². The SMILES string of the molecule is C=C1C[C@H]2CC[C@]1(C(=O)O)C2(C)C. The first-order valence-electron chi connectivity index (χ1n) is 4.84. The summed E-state index contributed by atoms with van der Waals surface area (Å²) >= 11 is 0. The van der Waals surface area contributed by atoms with Gasteiger partial charge in [0, 0.05) is 0 Å². The predicted molar refractivity (Wildman–Crippen MR) is 50.3 cm³/mol. The highest BCUT2D eigenvalue weighted by Gasteiger charge is 2.65. The molecule has 0 radical (unpaired) electrons. The third kappa shape index (κ3) is 0.725. The van der Waals surface area contributed by atoms with Gasteiger partial charge in [-0.25, -0.2) is 0 Å². The molecule has 0 aliphatic heterocycles. The number of rotatable bonds is 1. The molecule has 0 aromatic heterocycles. The second kappa shape index (κ2) is 2.17. The summed E-state index contributed by atoms with van der Waals surface area (Å²) in [5, 5.41) is 9.34. The molecule has 72 valence electrons. The number of carboxylic acids is 1. The maximum atomic E-state index is 11.3. The van der Waals surface area contributed by atoms with Gasteiger partial charge >= 0.3 is 5.97 Å². The summed E-state index contributed by atoms with van der Waals surface area (Å²) in [4.78, 5) is 11.3. The molecule has 2 atom stereocenters.